The van der Waals surface area contributed by atoms with E-state index < -0.39 is 0 Å². The standard InChI is InChI=1S/C17H15ClN4O2S/c1-24-14-6-7-15(21-13-9-20-25-10-13)22-16(14)17(23)19-8-11-2-4-12(18)5-3-11/h2-7,9-10H,8H2,1H3,(H,19,23)(H,21,22). The van der Waals surface area contributed by atoms with Gasteiger partial charge < -0.3 is 15.4 Å². The van der Waals surface area contributed by atoms with Gasteiger partial charge in [0.2, 0.25) is 0 Å². The van der Waals surface area contributed by atoms with E-state index in [1.165, 1.54) is 18.6 Å². The first kappa shape index (κ1) is 17.2. The van der Waals surface area contributed by atoms with Crippen LogP contribution < -0.4 is 15.4 Å². The number of hydrogen-bond donors (Lipinski definition) is 2. The van der Waals surface area contributed by atoms with Crippen molar-refractivity contribution in [2.45, 2.75) is 6.54 Å². The van der Waals surface area contributed by atoms with Gasteiger partial charge in [-0.2, -0.15) is 4.37 Å². The first-order chi connectivity index (χ1) is 12.2. The lowest BCUT2D eigenvalue weighted by Gasteiger charge is -2.11. The number of anilines is 2. The molecule has 1 aromatic carbocycles. The lowest BCUT2D eigenvalue weighted by Crippen LogP contribution is -2.24. The van der Waals surface area contributed by atoms with Crippen LogP contribution in [0.2, 0.25) is 5.02 Å². The Morgan fingerprint density at radius 3 is 2.72 bits per heavy atom. The molecule has 2 heterocycles. The maximum atomic E-state index is 12.5. The van der Waals surface area contributed by atoms with Crippen molar-refractivity contribution in [2.75, 3.05) is 12.4 Å². The minimum atomic E-state index is -0.320. The van der Waals surface area contributed by atoms with Crippen LogP contribution in [0.15, 0.2) is 48.0 Å². The van der Waals surface area contributed by atoms with Crippen molar-refractivity contribution in [2.24, 2.45) is 0 Å². The monoisotopic (exact) mass is 374 g/mol. The molecule has 0 saturated heterocycles. The Hall–Kier alpha value is -2.64. The first-order valence-electron chi connectivity index (χ1n) is 7.40. The summed E-state index contributed by atoms with van der Waals surface area (Å²) in [7, 11) is 1.50. The average Bonchev–Trinajstić information content (AvgIpc) is 3.14. The number of rotatable bonds is 6. The summed E-state index contributed by atoms with van der Waals surface area (Å²) in [5, 5.41) is 8.44. The molecule has 0 unspecified atom stereocenters. The molecule has 0 radical (unpaired) electrons. The summed E-state index contributed by atoms with van der Waals surface area (Å²) in [6.07, 6.45) is 1.69. The van der Waals surface area contributed by atoms with Gasteiger partial charge in [0, 0.05) is 16.9 Å². The van der Waals surface area contributed by atoms with E-state index in [2.05, 4.69) is 20.0 Å². The number of nitrogens with one attached hydrogen (secondary N) is 2. The van der Waals surface area contributed by atoms with Crippen molar-refractivity contribution in [1.82, 2.24) is 14.7 Å². The normalized spacial score (nSPS) is 10.3. The van der Waals surface area contributed by atoms with Crippen LogP contribution in [0.5, 0.6) is 5.75 Å². The van der Waals surface area contributed by atoms with Crippen molar-refractivity contribution in [3.8, 4) is 5.75 Å². The van der Waals surface area contributed by atoms with Crippen molar-refractivity contribution in [3.05, 3.63) is 64.3 Å². The second-order valence-electron chi connectivity index (χ2n) is 5.09. The van der Waals surface area contributed by atoms with E-state index in [1.807, 2.05) is 17.5 Å². The van der Waals surface area contributed by atoms with Crippen molar-refractivity contribution < 1.29 is 9.53 Å². The summed E-state index contributed by atoms with van der Waals surface area (Å²) < 4.78 is 9.26. The maximum Gasteiger partial charge on any atom is 0.274 e. The Morgan fingerprint density at radius 1 is 1.24 bits per heavy atom. The minimum absolute atomic E-state index is 0.213. The van der Waals surface area contributed by atoms with E-state index in [0.717, 1.165) is 11.3 Å². The summed E-state index contributed by atoms with van der Waals surface area (Å²) in [5.74, 6) is 0.624. The highest BCUT2D eigenvalue weighted by Crippen LogP contribution is 2.22. The van der Waals surface area contributed by atoms with Gasteiger partial charge in [-0.25, -0.2) is 4.98 Å². The summed E-state index contributed by atoms with van der Waals surface area (Å²) in [5.41, 5.74) is 1.97. The molecule has 8 heteroatoms. The number of carbonyl (C=O) groups excluding carboxylic acids is 1. The predicted molar refractivity (Wildman–Crippen MR) is 98.8 cm³/mol. The number of nitrogens with zero attached hydrogens (tertiary/aromatic N) is 2. The smallest absolute Gasteiger partial charge is 0.274 e. The molecule has 3 rings (SSSR count). The molecule has 128 valence electrons. The Labute approximate surface area is 154 Å². The Balaban J connectivity index is 1.74. The highest BCUT2D eigenvalue weighted by Gasteiger charge is 2.15. The van der Waals surface area contributed by atoms with E-state index in [4.69, 9.17) is 16.3 Å². The van der Waals surface area contributed by atoms with Crippen molar-refractivity contribution in [1.29, 1.82) is 0 Å². The number of ether oxygens (including phenoxy) is 1. The quantitative estimate of drug-likeness (QED) is 0.684. The third kappa shape index (κ3) is 4.46. The lowest BCUT2D eigenvalue weighted by molar-refractivity contribution is 0.0942. The van der Waals surface area contributed by atoms with Crippen molar-refractivity contribution in [3.63, 3.8) is 0 Å². The molecule has 0 saturated carbocycles. The molecule has 0 fully saturated rings. The number of hydrogen-bond acceptors (Lipinski definition) is 6. The fourth-order valence-corrected chi connectivity index (χ4v) is 2.72. The van der Waals surface area contributed by atoms with Crippen molar-refractivity contribution >= 4 is 40.5 Å². The zero-order valence-corrected chi connectivity index (χ0v) is 14.9. The van der Waals surface area contributed by atoms with Crippen LogP contribution in [0.3, 0.4) is 0 Å². The van der Waals surface area contributed by atoms with Gasteiger partial charge in [0.15, 0.2) is 5.69 Å². The fourth-order valence-electron chi connectivity index (χ4n) is 2.13. The summed E-state index contributed by atoms with van der Waals surface area (Å²) in [6.45, 7) is 0.368. The molecule has 0 bridgehead atoms. The van der Waals surface area contributed by atoms with Gasteiger partial charge in [-0.3, -0.25) is 4.79 Å². The molecule has 2 N–H and O–H groups in total. The molecular weight excluding hydrogens is 360 g/mol. The van der Waals surface area contributed by atoms with Gasteiger partial charge in [0.05, 0.1) is 19.0 Å². The largest absolute Gasteiger partial charge is 0.494 e. The van der Waals surface area contributed by atoms with Crippen LogP contribution in [0.25, 0.3) is 0 Å². The molecule has 6 nitrogen and oxygen atoms in total. The summed E-state index contributed by atoms with van der Waals surface area (Å²) in [6, 6.07) is 10.7. The number of pyridine rings is 1. The summed E-state index contributed by atoms with van der Waals surface area (Å²) >= 11 is 7.19. The molecule has 0 spiro atoms. The predicted octanol–water partition coefficient (Wildman–Crippen LogP) is 3.87. The number of benzene rings is 1. The molecule has 25 heavy (non-hydrogen) atoms. The van der Waals surface area contributed by atoms with Crippen LogP contribution in [0.1, 0.15) is 16.1 Å². The number of halogens is 1. The zero-order valence-electron chi connectivity index (χ0n) is 13.3. The number of amides is 1. The van der Waals surface area contributed by atoms with E-state index >= 15 is 0 Å². The minimum Gasteiger partial charge on any atom is -0.494 e. The number of aromatic nitrogens is 2. The molecule has 0 aliphatic rings. The van der Waals surface area contributed by atoms with Gasteiger partial charge in [0.1, 0.15) is 11.6 Å². The second kappa shape index (κ2) is 7.96. The van der Waals surface area contributed by atoms with Crippen LogP contribution in [0.4, 0.5) is 11.5 Å². The molecule has 3 aromatic rings. The third-order valence-electron chi connectivity index (χ3n) is 3.36. The van der Waals surface area contributed by atoms with E-state index in [9.17, 15) is 4.79 Å². The average molecular weight is 375 g/mol. The summed E-state index contributed by atoms with van der Waals surface area (Å²) in [4.78, 5) is 16.9. The van der Waals surface area contributed by atoms with Crippen LogP contribution in [0, 0.1) is 0 Å². The molecular formula is C17H15ClN4O2S. The van der Waals surface area contributed by atoms with Gasteiger partial charge in [-0.1, -0.05) is 23.7 Å². The van der Waals surface area contributed by atoms with E-state index in [1.54, 1.807) is 30.5 Å². The maximum absolute atomic E-state index is 12.5. The topological polar surface area (TPSA) is 76.1 Å². The second-order valence-corrected chi connectivity index (χ2v) is 6.19. The van der Waals surface area contributed by atoms with Gasteiger partial charge >= 0.3 is 0 Å². The van der Waals surface area contributed by atoms with E-state index in [-0.39, 0.29) is 11.6 Å². The van der Waals surface area contributed by atoms with Gasteiger partial charge in [-0.15, -0.1) is 0 Å². The molecule has 0 aliphatic heterocycles. The van der Waals surface area contributed by atoms with Crippen LogP contribution in [-0.4, -0.2) is 22.4 Å². The Bertz CT molecular complexity index is 854. The first-order valence-corrected chi connectivity index (χ1v) is 8.61. The molecule has 0 aliphatic carbocycles. The molecule has 2 aromatic heterocycles. The van der Waals surface area contributed by atoms with Crippen LogP contribution >= 0.6 is 23.1 Å². The zero-order chi connectivity index (χ0) is 17.6. The third-order valence-corrected chi connectivity index (χ3v) is 4.20. The Kier molecular flexibility index (Phi) is 5.47. The Morgan fingerprint density at radius 2 is 2.04 bits per heavy atom. The van der Waals surface area contributed by atoms with Crippen LogP contribution in [-0.2, 0) is 6.54 Å². The fraction of sp³-hybridized carbons (Fsp3) is 0.118. The van der Waals surface area contributed by atoms with Gasteiger partial charge in [-0.05, 0) is 41.4 Å². The molecule has 0 atom stereocenters. The lowest BCUT2D eigenvalue weighted by atomic mass is 10.2. The van der Waals surface area contributed by atoms with E-state index in [0.29, 0.717) is 23.1 Å². The SMILES string of the molecule is COc1ccc(Nc2cnsc2)nc1C(=O)NCc1ccc(Cl)cc1. The highest BCUT2D eigenvalue weighted by molar-refractivity contribution is 7.04. The van der Waals surface area contributed by atoms with Gasteiger partial charge in [0.25, 0.3) is 5.91 Å². The highest BCUT2D eigenvalue weighted by atomic mass is 35.5. The molecule has 1 amide bonds. The number of methoxy groups -OCH3 is 1. The number of carbonyl (C=O) groups is 1.